The van der Waals surface area contributed by atoms with Gasteiger partial charge in [-0.3, -0.25) is 4.68 Å². The molecular formula is C12H20N2O. The number of rotatable bonds is 2. The van der Waals surface area contributed by atoms with E-state index in [-0.39, 0.29) is 6.10 Å². The van der Waals surface area contributed by atoms with E-state index in [9.17, 15) is 5.11 Å². The van der Waals surface area contributed by atoms with E-state index in [0.717, 1.165) is 25.0 Å². The molecule has 3 nitrogen and oxygen atoms in total. The molecule has 0 radical (unpaired) electrons. The van der Waals surface area contributed by atoms with E-state index in [1.807, 2.05) is 18.7 Å². The van der Waals surface area contributed by atoms with Gasteiger partial charge in [0.25, 0.3) is 0 Å². The summed E-state index contributed by atoms with van der Waals surface area (Å²) >= 11 is 0. The molecule has 1 aromatic rings. The van der Waals surface area contributed by atoms with Crippen molar-refractivity contribution in [1.29, 1.82) is 0 Å². The SMILES string of the molecule is Cc1cc(CC2CCCC(O)C2)n(C)n1. The summed E-state index contributed by atoms with van der Waals surface area (Å²) in [6.07, 6.45) is 5.36. The van der Waals surface area contributed by atoms with Crippen LogP contribution in [0, 0.1) is 12.8 Å². The van der Waals surface area contributed by atoms with Crippen molar-refractivity contribution in [2.75, 3.05) is 0 Å². The van der Waals surface area contributed by atoms with Gasteiger partial charge in [0.15, 0.2) is 0 Å². The van der Waals surface area contributed by atoms with Crippen LogP contribution in [0.3, 0.4) is 0 Å². The monoisotopic (exact) mass is 208 g/mol. The van der Waals surface area contributed by atoms with Crippen LogP contribution in [-0.2, 0) is 13.5 Å². The Hall–Kier alpha value is -0.830. The maximum absolute atomic E-state index is 9.61. The average Bonchev–Trinajstić information content (AvgIpc) is 2.45. The highest BCUT2D eigenvalue weighted by atomic mass is 16.3. The summed E-state index contributed by atoms with van der Waals surface area (Å²) in [6, 6.07) is 2.15. The second kappa shape index (κ2) is 4.35. The van der Waals surface area contributed by atoms with Crippen LogP contribution in [0.25, 0.3) is 0 Å². The minimum atomic E-state index is -0.0712. The normalized spacial score (nSPS) is 26.9. The number of hydrogen-bond donors (Lipinski definition) is 1. The Balaban J connectivity index is 1.99. The molecule has 0 aromatic carbocycles. The van der Waals surface area contributed by atoms with Gasteiger partial charge in [-0.05, 0) is 44.6 Å². The molecular weight excluding hydrogens is 188 g/mol. The molecule has 2 rings (SSSR count). The third kappa shape index (κ3) is 2.59. The molecule has 1 heterocycles. The van der Waals surface area contributed by atoms with Gasteiger partial charge >= 0.3 is 0 Å². The number of aliphatic hydroxyl groups excluding tert-OH is 1. The van der Waals surface area contributed by atoms with Gasteiger partial charge in [-0.25, -0.2) is 0 Å². The largest absolute Gasteiger partial charge is 0.393 e. The Bertz CT molecular complexity index is 332. The van der Waals surface area contributed by atoms with Crippen molar-refractivity contribution in [1.82, 2.24) is 9.78 Å². The van der Waals surface area contributed by atoms with Gasteiger partial charge in [-0.2, -0.15) is 5.10 Å². The van der Waals surface area contributed by atoms with Crippen LogP contribution < -0.4 is 0 Å². The van der Waals surface area contributed by atoms with Crippen LogP contribution in [0.5, 0.6) is 0 Å². The quantitative estimate of drug-likeness (QED) is 0.805. The molecule has 1 fully saturated rings. The number of aryl methyl sites for hydroxylation is 2. The smallest absolute Gasteiger partial charge is 0.0596 e. The molecule has 1 N–H and O–H groups in total. The standard InChI is InChI=1S/C12H20N2O/c1-9-6-11(14(2)13-9)7-10-4-3-5-12(15)8-10/h6,10,12,15H,3-5,7-8H2,1-2H3. The van der Waals surface area contributed by atoms with E-state index < -0.39 is 0 Å². The van der Waals surface area contributed by atoms with Crippen LogP contribution in [0.4, 0.5) is 0 Å². The Morgan fingerprint density at radius 1 is 1.53 bits per heavy atom. The summed E-state index contributed by atoms with van der Waals surface area (Å²) in [7, 11) is 2.00. The summed E-state index contributed by atoms with van der Waals surface area (Å²) in [5, 5.41) is 14.0. The van der Waals surface area contributed by atoms with E-state index in [0.29, 0.717) is 5.92 Å². The van der Waals surface area contributed by atoms with E-state index >= 15 is 0 Å². The van der Waals surface area contributed by atoms with Crippen molar-refractivity contribution in [3.63, 3.8) is 0 Å². The molecule has 2 unspecified atom stereocenters. The van der Waals surface area contributed by atoms with Crippen LogP contribution in [0.15, 0.2) is 6.07 Å². The second-order valence-electron chi connectivity index (χ2n) is 4.79. The van der Waals surface area contributed by atoms with E-state index in [1.54, 1.807) is 0 Å². The van der Waals surface area contributed by atoms with Crippen LogP contribution in [0.2, 0.25) is 0 Å². The number of hydrogen-bond acceptors (Lipinski definition) is 2. The van der Waals surface area contributed by atoms with Gasteiger partial charge in [0.1, 0.15) is 0 Å². The van der Waals surface area contributed by atoms with Crippen LogP contribution >= 0.6 is 0 Å². The zero-order chi connectivity index (χ0) is 10.8. The number of aliphatic hydroxyl groups is 1. The molecule has 1 aromatic heterocycles. The first-order valence-corrected chi connectivity index (χ1v) is 5.82. The summed E-state index contributed by atoms with van der Waals surface area (Å²) in [4.78, 5) is 0. The highest BCUT2D eigenvalue weighted by Gasteiger charge is 2.21. The lowest BCUT2D eigenvalue weighted by Crippen LogP contribution is -2.21. The van der Waals surface area contributed by atoms with Gasteiger partial charge in [-0.15, -0.1) is 0 Å². The Kier molecular flexibility index (Phi) is 3.10. The van der Waals surface area contributed by atoms with Crippen LogP contribution in [0.1, 0.15) is 37.1 Å². The summed E-state index contributed by atoms with van der Waals surface area (Å²) in [5.41, 5.74) is 2.38. The molecule has 0 amide bonds. The highest BCUT2D eigenvalue weighted by molar-refractivity contribution is 5.09. The molecule has 1 aliphatic rings. The lowest BCUT2D eigenvalue weighted by Gasteiger charge is -2.25. The van der Waals surface area contributed by atoms with Crippen molar-refractivity contribution in [2.24, 2.45) is 13.0 Å². The van der Waals surface area contributed by atoms with Gasteiger partial charge < -0.3 is 5.11 Å². The Morgan fingerprint density at radius 2 is 2.33 bits per heavy atom. The number of aromatic nitrogens is 2. The van der Waals surface area contributed by atoms with Crippen molar-refractivity contribution >= 4 is 0 Å². The molecule has 0 bridgehead atoms. The highest BCUT2D eigenvalue weighted by Crippen LogP contribution is 2.27. The van der Waals surface area contributed by atoms with Crippen molar-refractivity contribution in [3.8, 4) is 0 Å². The maximum atomic E-state index is 9.61. The fraction of sp³-hybridized carbons (Fsp3) is 0.750. The van der Waals surface area contributed by atoms with E-state index in [2.05, 4.69) is 11.2 Å². The maximum Gasteiger partial charge on any atom is 0.0596 e. The zero-order valence-electron chi connectivity index (χ0n) is 9.61. The Morgan fingerprint density at radius 3 is 2.93 bits per heavy atom. The fourth-order valence-corrected chi connectivity index (χ4v) is 2.60. The lowest BCUT2D eigenvalue weighted by atomic mass is 9.84. The minimum Gasteiger partial charge on any atom is -0.393 e. The predicted octanol–water partition coefficient (Wildman–Crippen LogP) is 1.82. The van der Waals surface area contributed by atoms with E-state index in [1.165, 1.54) is 18.5 Å². The molecule has 15 heavy (non-hydrogen) atoms. The lowest BCUT2D eigenvalue weighted by molar-refractivity contribution is 0.100. The molecule has 1 aliphatic carbocycles. The van der Waals surface area contributed by atoms with Gasteiger partial charge in [0.2, 0.25) is 0 Å². The summed E-state index contributed by atoms with van der Waals surface area (Å²) < 4.78 is 1.97. The minimum absolute atomic E-state index is 0.0712. The topological polar surface area (TPSA) is 38.0 Å². The van der Waals surface area contributed by atoms with Crippen molar-refractivity contribution < 1.29 is 5.11 Å². The molecule has 3 heteroatoms. The van der Waals surface area contributed by atoms with Gasteiger partial charge in [0.05, 0.1) is 11.8 Å². The average molecular weight is 208 g/mol. The summed E-state index contributed by atoms with van der Waals surface area (Å²) in [6.45, 7) is 2.03. The van der Waals surface area contributed by atoms with Crippen molar-refractivity contribution in [3.05, 3.63) is 17.5 Å². The second-order valence-corrected chi connectivity index (χ2v) is 4.79. The molecule has 1 saturated carbocycles. The Labute approximate surface area is 91.1 Å². The van der Waals surface area contributed by atoms with Gasteiger partial charge in [0, 0.05) is 12.7 Å². The first-order valence-electron chi connectivity index (χ1n) is 5.82. The fourth-order valence-electron chi connectivity index (χ4n) is 2.60. The first-order chi connectivity index (χ1) is 7.15. The van der Waals surface area contributed by atoms with E-state index in [4.69, 9.17) is 0 Å². The molecule has 0 saturated heterocycles. The molecule has 84 valence electrons. The summed E-state index contributed by atoms with van der Waals surface area (Å²) in [5.74, 6) is 0.642. The third-order valence-electron chi connectivity index (χ3n) is 3.35. The zero-order valence-corrected chi connectivity index (χ0v) is 9.61. The molecule has 0 spiro atoms. The van der Waals surface area contributed by atoms with Gasteiger partial charge in [-0.1, -0.05) is 6.42 Å². The molecule has 2 atom stereocenters. The van der Waals surface area contributed by atoms with Crippen molar-refractivity contribution in [2.45, 2.75) is 45.1 Å². The number of nitrogens with zero attached hydrogens (tertiary/aromatic N) is 2. The predicted molar refractivity (Wildman–Crippen MR) is 59.6 cm³/mol. The van der Waals surface area contributed by atoms with Crippen LogP contribution in [-0.4, -0.2) is 21.0 Å². The molecule has 0 aliphatic heterocycles. The third-order valence-corrected chi connectivity index (χ3v) is 3.35. The first kappa shape index (κ1) is 10.7.